The van der Waals surface area contributed by atoms with Crippen LogP contribution in [0.4, 0.5) is 13.2 Å². The Morgan fingerprint density at radius 3 is 2.46 bits per heavy atom. The second-order valence-electron chi connectivity index (χ2n) is 6.11. The van der Waals surface area contributed by atoms with Gasteiger partial charge in [-0.15, -0.1) is 12.4 Å². The minimum Gasteiger partial charge on any atom is -0.493 e. The molecule has 0 aromatic heterocycles. The van der Waals surface area contributed by atoms with Gasteiger partial charge in [-0.25, -0.2) is 0 Å². The molecule has 1 saturated heterocycles. The summed E-state index contributed by atoms with van der Waals surface area (Å²) in [6.07, 6.45) is -4.38. The summed E-state index contributed by atoms with van der Waals surface area (Å²) in [6.45, 7) is 2.95. The number of alkyl halides is 3. The first-order valence-electron chi connectivity index (χ1n) is 8.35. The molecule has 0 saturated carbocycles. The molecule has 1 heterocycles. The summed E-state index contributed by atoms with van der Waals surface area (Å²) in [7, 11) is 0. The van der Waals surface area contributed by atoms with Crippen molar-refractivity contribution in [1.82, 2.24) is 15.5 Å². The molecule has 2 atom stereocenters. The largest absolute Gasteiger partial charge is 0.493 e. The van der Waals surface area contributed by atoms with Gasteiger partial charge in [-0.05, 0) is 12.1 Å². The summed E-state index contributed by atoms with van der Waals surface area (Å²) in [4.78, 5) is 13.5. The molecule has 2 N–H and O–H groups in total. The molecular formula is C17H25ClF3N3O2. The molecule has 2 rings (SSSR count). The SMILES string of the molecule is CC(COc1ccccc1)C(=O)NCC(N1CCNCC1)C(F)(F)F.Cl. The number of ether oxygens (including phenoxy) is 1. The van der Waals surface area contributed by atoms with E-state index in [0.29, 0.717) is 31.9 Å². The van der Waals surface area contributed by atoms with Crippen molar-refractivity contribution in [2.24, 2.45) is 5.92 Å². The molecule has 5 nitrogen and oxygen atoms in total. The highest BCUT2D eigenvalue weighted by Gasteiger charge is 2.43. The van der Waals surface area contributed by atoms with Crippen LogP contribution in [-0.2, 0) is 4.79 Å². The van der Waals surface area contributed by atoms with E-state index in [2.05, 4.69) is 10.6 Å². The molecule has 1 aromatic rings. The lowest BCUT2D eigenvalue weighted by Crippen LogP contribution is -2.57. The van der Waals surface area contributed by atoms with Crippen LogP contribution in [-0.4, -0.2) is 62.4 Å². The lowest BCUT2D eigenvalue weighted by atomic mass is 10.1. The standard InChI is InChI=1S/C17H24F3N3O2.ClH/c1-13(12-25-14-5-3-2-4-6-14)16(24)22-11-15(17(18,19)20)23-9-7-21-8-10-23;/h2-6,13,15,21H,7-12H2,1H3,(H,22,24);1H. The number of rotatable bonds is 7. The summed E-state index contributed by atoms with van der Waals surface area (Å²) in [5.41, 5.74) is 0. The number of hydrogen-bond acceptors (Lipinski definition) is 4. The smallest absolute Gasteiger partial charge is 0.405 e. The maximum atomic E-state index is 13.3. The normalized spacial score (nSPS) is 17.7. The summed E-state index contributed by atoms with van der Waals surface area (Å²) in [5, 5.41) is 5.45. The van der Waals surface area contributed by atoms with Crippen molar-refractivity contribution in [2.75, 3.05) is 39.3 Å². The van der Waals surface area contributed by atoms with Crippen LogP contribution in [0.2, 0.25) is 0 Å². The van der Waals surface area contributed by atoms with E-state index >= 15 is 0 Å². The number of amides is 1. The quantitative estimate of drug-likeness (QED) is 0.742. The van der Waals surface area contributed by atoms with Gasteiger partial charge in [0.05, 0.1) is 12.5 Å². The van der Waals surface area contributed by atoms with E-state index in [1.54, 1.807) is 19.1 Å². The summed E-state index contributed by atoms with van der Waals surface area (Å²) >= 11 is 0. The maximum Gasteiger partial charge on any atom is 0.405 e. The number of hydrogen-bond donors (Lipinski definition) is 2. The zero-order chi connectivity index (χ0) is 18.3. The topological polar surface area (TPSA) is 53.6 Å². The van der Waals surface area contributed by atoms with Crippen molar-refractivity contribution >= 4 is 18.3 Å². The van der Waals surface area contributed by atoms with Gasteiger partial charge < -0.3 is 15.4 Å². The molecule has 1 aliphatic heterocycles. The fraction of sp³-hybridized carbons (Fsp3) is 0.588. The summed E-state index contributed by atoms with van der Waals surface area (Å²) in [6, 6.07) is 7.31. The predicted molar refractivity (Wildman–Crippen MR) is 95.6 cm³/mol. The third-order valence-corrected chi connectivity index (χ3v) is 4.13. The van der Waals surface area contributed by atoms with Gasteiger partial charge in [0.15, 0.2) is 0 Å². The van der Waals surface area contributed by atoms with Crippen LogP contribution in [0, 0.1) is 5.92 Å². The molecule has 0 aliphatic carbocycles. The molecule has 1 amide bonds. The number of halogens is 4. The van der Waals surface area contributed by atoms with E-state index in [1.807, 2.05) is 18.2 Å². The molecule has 2 unspecified atom stereocenters. The number of carbonyl (C=O) groups excluding carboxylic acids is 1. The molecular weight excluding hydrogens is 371 g/mol. The Hall–Kier alpha value is -1.51. The van der Waals surface area contributed by atoms with Crippen molar-refractivity contribution in [3.05, 3.63) is 30.3 Å². The molecule has 1 aliphatic rings. The number of nitrogens with zero attached hydrogens (tertiary/aromatic N) is 1. The van der Waals surface area contributed by atoms with E-state index in [9.17, 15) is 18.0 Å². The monoisotopic (exact) mass is 395 g/mol. The highest BCUT2D eigenvalue weighted by Crippen LogP contribution is 2.24. The van der Waals surface area contributed by atoms with Gasteiger partial charge >= 0.3 is 6.18 Å². The van der Waals surface area contributed by atoms with Gasteiger partial charge in [-0.2, -0.15) is 13.2 Å². The molecule has 1 aromatic carbocycles. The highest BCUT2D eigenvalue weighted by atomic mass is 35.5. The molecule has 0 spiro atoms. The third kappa shape index (κ3) is 7.01. The zero-order valence-corrected chi connectivity index (χ0v) is 15.4. The average molecular weight is 396 g/mol. The first kappa shape index (κ1) is 22.5. The summed E-state index contributed by atoms with van der Waals surface area (Å²) in [5.74, 6) is -0.367. The van der Waals surface area contributed by atoms with Gasteiger partial charge in [-0.3, -0.25) is 9.69 Å². The maximum absolute atomic E-state index is 13.3. The van der Waals surface area contributed by atoms with Gasteiger partial charge in [-0.1, -0.05) is 25.1 Å². The zero-order valence-electron chi connectivity index (χ0n) is 14.6. The van der Waals surface area contributed by atoms with Crippen molar-refractivity contribution in [3.8, 4) is 5.75 Å². The fourth-order valence-corrected chi connectivity index (χ4v) is 2.63. The average Bonchev–Trinajstić information content (AvgIpc) is 2.60. The van der Waals surface area contributed by atoms with Crippen LogP contribution in [0.3, 0.4) is 0 Å². The van der Waals surface area contributed by atoms with Crippen LogP contribution in [0.25, 0.3) is 0 Å². The minimum absolute atomic E-state index is 0. The lowest BCUT2D eigenvalue weighted by Gasteiger charge is -2.36. The number of nitrogens with one attached hydrogen (secondary N) is 2. The Labute approximate surface area is 157 Å². The Morgan fingerprint density at radius 1 is 1.27 bits per heavy atom. The van der Waals surface area contributed by atoms with Crippen molar-refractivity contribution in [3.63, 3.8) is 0 Å². The second-order valence-corrected chi connectivity index (χ2v) is 6.11. The summed E-state index contributed by atoms with van der Waals surface area (Å²) < 4.78 is 45.3. The molecule has 1 fully saturated rings. The highest BCUT2D eigenvalue weighted by molar-refractivity contribution is 5.85. The van der Waals surface area contributed by atoms with Crippen molar-refractivity contribution in [1.29, 1.82) is 0 Å². The van der Waals surface area contributed by atoms with Crippen molar-refractivity contribution < 1.29 is 22.7 Å². The first-order chi connectivity index (χ1) is 11.9. The van der Waals surface area contributed by atoms with E-state index < -0.39 is 30.6 Å². The number of carbonyl (C=O) groups is 1. The van der Waals surface area contributed by atoms with E-state index in [4.69, 9.17) is 4.74 Å². The van der Waals surface area contributed by atoms with Gasteiger partial charge in [0.1, 0.15) is 11.8 Å². The Morgan fingerprint density at radius 2 is 1.88 bits per heavy atom. The minimum atomic E-state index is -4.38. The molecule has 0 radical (unpaired) electrons. The number of piperazine rings is 1. The van der Waals surface area contributed by atoms with Crippen LogP contribution < -0.4 is 15.4 Å². The van der Waals surface area contributed by atoms with E-state index in [0.717, 1.165) is 0 Å². The molecule has 9 heteroatoms. The second kappa shape index (κ2) is 10.6. The number of para-hydroxylation sites is 1. The van der Waals surface area contributed by atoms with E-state index in [1.165, 1.54) is 4.90 Å². The predicted octanol–water partition coefficient (Wildman–Crippen LogP) is 2.08. The molecule has 26 heavy (non-hydrogen) atoms. The van der Waals surface area contributed by atoms with Crippen LogP contribution >= 0.6 is 12.4 Å². The molecule has 0 bridgehead atoms. The van der Waals surface area contributed by atoms with Gasteiger partial charge in [0.25, 0.3) is 0 Å². The fourth-order valence-electron chi connectivity index (χ4n) is 2.63. The lowest BCUT2D eigenvalue weighted by molar-refractivity contribution is -0.184. The van der Waals surface area contributed by atoms with Crippen molar-refractivity contribution in [2.45, 2.75) is 19.1 Å². The first-order valence-corrected chi connectivity index (χ1v) is 8.35. The Kier molecular flexibility index (Phi) is 9.18. The molecule has 148 valence electrons. The Balaban J connectivity index is 0.00000338. The third-order valence-electron chi connectivity index (χ3n) is 4.13. The van der Waals surface area contributed by atoms with Crippen LogP contribution in [0.1, 0.15) is 6.92 Å². The number of benzene rings is 1. The van der Waals surface area contributed by atoms with E-state index in [-0.39, 0.29) is 19.0 Å². The Bertz CT molecular complexity index is 540. The van der Waals surface area contributed by atoms with Crippen LogP contribution in [0.5, 0.6) is 5.75 Å². The van der Waals surface area contributed by atoms with Gasteiger partial charge in [0.2, 0.25) is 5.91 Å². The van der Waals surface area contributed by atoms with Crippen LogP contribution in [0.15, 0.2) is 30.3 Å². The van der Waals surface area contributed by atoms with Gasteiger partial charge in [0, 0.05) is 32.7 Å².